The first-order chi connectivity index (χ1) is 19.0. The van der Waals surface area contributed by atoms with Crippen LogP contribution in [0.2, 0.25) is 0 Å². The Labute approximate surface area is 232 Å². The zero-order valence-electron chi connectivity index (χ0n) is 21.3. The van der Waals surface area contributed by atoms with Gasteiger partial charge in [-0.15, -0.1) is 0 Å². The Bertz CT molecular complexity index is 1420. The largest absolute Gasteiger partial charge is 0.481 e. The van der Waals surface area contributed by atoms with Crippen molar-refractivity contribution in [2.75, 3.05) is 5.75 Å². The van der Waals surface area contributed by atoms with Crippen LogP contribution < -0.4 is 5.32 Å². The van der Waals surface area contributed by atoms with E-state index in [0.717, 1.165) is 22.3 Å². The molecular formula is C33H29NO4S. The molecule has 6 heteroatoms. The van der Waals surface area contributed by atoms with Gasteiger partial charge in [0.05, 0.1) is 11.6 Å². The van der Waals surface area contributed by atoms with E-state index in [4.69, 9.17) is 0 Å². The molecule has 1 amide bonds. The van der Waals surface area contributed by atoms with E-state index in [0.29, 0.717) is 11.3 Å². The lowest BCUT2D eigenvalue weighted by Gasteiger charge is -2.14. The zero-order valence-corrected chi connectivity index (χ0v) is 22.1. The second-order valence-corrected chi connectivity index (χ2v) is 10.1. The summed E-state index contributed by atoms with van der Waals surface area (Å²) in [6.45, 7) is 0. The van der Waals surface area contributed by atoms with Crippen LogP contribution in [0.4, 0.5) is 0 Å². The third-order valence-corrected chi connectivity index (χ3v) is 7.30. The van der Waals surface area contributed by atoms with Crippen molar-refractivity contribution in [2.45, 2.75) is 12.2 Å². The molecule has 0 saturated carbocycles. The van der Waals surface area contributed by atoms with Crippen molar-refractivity contribution in [1.29, 1.82) is 0 Å². The predicted molar refractivity (Wildman–Crippen MR) is 157 cm³/mol. The second-order valence-electron chi connectivity index (χ2n) is 9.03. The number of aliphatic carboxylic acids is 1. The first-order valence-electron chi connectivity index (χ1n) is 12.6. The molecule has 0 aliphatic rings. The van der Waals surface area contributed by atoms with Crippen LogP contribution >= 0.6 is 11.8 Å². The van der Waals surface area contributed by atoms with Crippen molar-refractivity contribution in [1.82, 2.24) is 5.32 Å². The molecule has 39 heavy (non-hydrogen) atoms. The van der Waals surface area contributed by atoms with Gasteiger partial charge in [0.15, 0.2) is 5.78 Å². The molecule has 0 aromatic heterocycles. The Morgan fingerprint density at radius 2 is 1.31 bits per heavy atom. The number of amides is 1. The molecule has 196 valence electrons. The van der Waals surface area contributed by atoms with Crippen LogP contribution in [0.5, 0.6) is 0 Å². The Balaban J connectivity index is 1.52. The number of thioether (sulfide) groups is 1. The molecule has 4 aromatic carbocycles. The molecule has 0 spiro atoms. The van der Waals surface area contributed by atoms with E-state index < -0.39 is 23.6 Å². The van der Waals surface area contributed by atoms with E-state index >= 15 is 0 Å². The maximum absolute atomic E-state index is 13.4. The molecule has 0 fully saturated rings. The van der Waals surface area contributed by atoms with Crippen LogP contribution in [-0.2, 0) is 15.3 Å². The van der Waals surface area contributed by atoms with Gasteiger partial charge in [-0.3, -0.25) is 14.4 Å². The fourth-order valence-corrected chi connectivity index (χ4v) is 5.07. The normalized spacial score (nSPS) is 11.9. The van der Waals surface area contributed by atoms with Crippen molar-refractivity contribution < 1.29 is 19.5 Å². The number of ketones is 1. The van der Waals surface area contributed by atoms with Crippen LogP contribution in [-0.4, -0.2) is 28.5 Å². The average Bonchev–Trinajstić information content (AvgIpc) is 2.98. The van der Waals surface area contributed by atoms with Crippen LogP contribution in [0.15, 0.2) is 121 Å². The van der Waals surface area contributed by atoms with E-state index in [1.54, 1.807) is 36.4 Å². The SMILES string of the molecule is O=C(C[C@@H](CSCc1ccccc1)C(=O)O)/C(=C\c1ccc(-c2ccccc2)cc1)NC(=O)c1ccccc1. The van der Waals surface area contributed by atoms with Crippen LogP contribution in [0.3, 0.4) is 0 Å². The molecule has 0 saturated heterocycles. The summed E-state index contributed by atoms with van der Waals surface area (Å²) >= 11 is 1.47. The lowest BCUT2D eigenvalue weighted by atomic mass is 10.00. The van der Waals surface area contributed by atoms with Crippen molar-refractivity contribution in [3.05, 3.63) is 138 Å². The molecule has 0 aliphatic carbocycles. The molecule has 1 atom stereocenters. The highest BCUT2D eigenvalue weighted by Crippen LogP contribution is 2.22. The first kappa shape index (κ1) is 27.6. The van der Waals surface area contributed by atoms with E-state index in [2.05, 4.69) is 5.32 Å². The highest BCUT2D eigenvalue weighted by atomic mass is 32.2. The zero-order chi connectivity index (χ0) is 27.5. The molecule has 4 aromatic rings. The van der Waals surface area contributed by atoms with Gasteiger partial charge in [-0.05, 0) is 40.5 Å². The quantitative estimate of drug-likeness (QED) is 0.197. The van der Waals surface area contributed by atoms with Gasteiger partial charge in [-0.1, -0.05) is 103 Å². The Morgan fingerprint density at radius 3 is 1.92 bits per heavy atom. The number of allylic oxidation sites excluding steroid dienone is 1. The summed E-state index contributed by atoms with van der Waals surface area (Å²) in [6.07, 6.45) is 1.38. The minimum absolute atomic E-state index is 0.0654. The number of nitrogens with one attached hydrogen (secondary N) is 1. The number of carbonyl (C=O) groups is 3. The lowest BCUT2D eigenvalue weighted by Crippen LogP contribution is -2.30. The van der Waals surface area contributed by atoms with E-state index in [1.807, 2.05) is 84.9 Å². The van der Waals surface area contributed by atoms with Crippen molar-refractivity contribution >= 4 is 35.5 Å². The molecule has 0 bridgehead atoms. The molecule has 4 rings (SSSR count). The van der Waals surface area contributed by atoms with Gasteiger partial charge in [0.25, 0.3) is 5.91 Å². The third kappa shape index (κ3) is 8.28. The first-order valence-corrected chi connectivity index (χ1v) is 13.8. The summed E-state index contributed by atoms with van der Waals surface area (Å²) in [5.74, 6) is -1.85. The van der Waals surface area contributed by atoms with Crippen molar-refractivity contribution in [3.8, 4) is 11.1 Å². The van der Waals surface area contributed by atoms with Gasteiger partial charge in [0.1, 0.15) is 0 Å². The minimum atomic E-state index is -1.04. The summed E-state index contributed by atoms with van der Waals surface area (Å²) in [5, 5.41) is 12.5. The average molecular weight is 536 g/mol. The Kier molecular flexibility index (Phi) is 9.86. The number of Topliss-reactive ketones (excluding diaryl/α,β-unsaturated/α-hetero) is 1. The summed E-state index contributed by atoms with van der Waals surface area (Å²) in [6, 6.07) is 35.9. The van der Waals surface area contributed by atoms with Crippen LogP contribution in [0.1, 0.15) is 27.9 Å². The van der Waals surface area contributed by atoms with Gasteiger partial charge in [-0.2, -0.15) is 11.8 Å². The highest BCUT2D eigenvalue weighted by molar-refractivity contribution is 7.98. The monoisotopic (exact) mass is 535 g/mol. The summed E-state index contributed by atoms with van der Waals surface area (Å²) in [5.41, 5.74) is 4.37. The highest BCUT2D eigenvalue weighted by Gasteiger charge is 2.24. The van der Waals surface area contributed by atoms with Crippen LogP contribution in [0.25, 0.3) is 17.2 Å². The lowest BCUT2D eigenvalue weighted by molar-refractivity contribution is -0.142. The Morgan fingerprint density at radius 1 is 0.744 bits per heavy atom. The maximum atomic E-state index is 13.4. The second kappa shape index (κ2) is 13.9. The maximum Gasteiger partial charge on any atom is 0.307 e. The summed E-state index contributed by atoms with van der Waals surface area (Å²) in [7, 11) is 0. The number of carbonyl (C=O) groups excluding carboxylic acids is 2. The van der Waals surface area contributed by atoms with Crippen molar-refractivity contribution in [2.24, 2.45) is 5.92 Å². The third-order valence-electron chi connectivity index (χ3n) is 6.13. The van der Waals surface area contributed by atoms with Crippen molar-refractivity contribution in [3.63, 3.8) is 0 Å². The van der Waals surface area contributed by atoms with Gasteiger partial charge < -0.3 is 10.4 Å². The van der Waals surface area contributed by atoms with E-state index in [9.17, 15) is 19.5 Å². The minimum Gasteiger partial charge on any atom is -0.481 e. The molecule has 5 nitrogen and oxygen atoms in total. The number of benzene rings is 4. The number of rotatable bonds is 12. The van der Waals surface area contributed by atoms with Gasteiger partial charge in [-0.25, -0.2) is 0 Å². The topological polar surface area (TPSA) is 83.5 Å². The smallest absolute Gasteiger partial charge is 0.307 e. The van der Waals surface area contributed by atoms with Gasteiger partial charge >= 0.3 is 5.97 Å². The molecule has 0 radical (unpaired) electrons. The summed E-state index contributed by atoms with van der Waals surface area (Å²) in [4.78, 5) is 38.3. The summed E-state index contributed by atoms with van der Waals surface area (Å²) < 4.78 is 0. The number of carboxylic acids is 1. The van der Waals surface area contributed by atoms with Gasteiger partial charge in [0, 0.05) is 23.5 Å². The van der Waals surface area contributed by atoms with E-state index in [-0.39, 0.29) is 17.9 Å². The number of hydrogen-bond acceptors (Lipinski definition) is 4. The van der Waals surface area contributed by atoms with E-state index in [1.165, 1.54) is 11.8 Å². The van der Waals surface area contributed by atoms with Gasteiger partial charge in [0.2, 0.25) is 0 Å². The van der Waals surface area contributed by atoms with Crippen LogP contribution in [0, 0.1) is 5.92 Å². The standard InChI is InChI=1S/C33H29NO4S/c35-31(21-29(33(37)38)23-39-22-25-10-4-1-5-11-25)30(34-32(36)28-14-8-3-9-15-28)20-24-16-18-27(19-17-24)26-12-6-2-7-13-26/h1-20,29H,21-23H2,(H,34,36)(H,37,38)/b30-20+/t29-/m0/s1. The fourth-order valence-electron chi connectivity index (χ4n) is 3.98. The molecule has 0 unspecified atom stereocenters. The number of hydrogen-bond donors (Lipinski definition) is 2. The fraction of sp³-hybridized carbons (Fsp3) is 0.121. The molecule has 0 heterocycles. The Hall–Kier alpha value is -4.42. The molecule has 2 N–H and O–H groups in total. The predicted octanol–water partition coefficient (Wildman–Crippen LogP) is 6.72. The number of carboxylic acid groups (broad SMARTS) is 1. The molecular weight excluding hydrogens is 506 g/mol. The molecule has 0 aliphatic heterocycles.